The summed E-state index contributed by atoms with van der Waals surface area (Å²) in [5, 5.41) is 5.15. The number of rotatable bonds is 7. The first-order valence-electron chi connectivity index (χ1n) is 12.2. The smallest absolute Gasteiger partial charge is 0.257 e. The van der Waals surface area contributed by atoms with E-state index in [2.05, 4.69) is 6.08 Å². The van der Waals surface area contributed by atoms with Crippen LogP contribution in [0.25, 0.3) is 0 Å². The molecule has 184 valence electrons. The van der Waals surface area contributed by atoms with Gasteiger partial charge in [0, 0.05) is 12.5 Å². The second-order valence-electron chi connectivity index (χ2n) is 9.55. The minimum atomic E-state index is -3.88. The van der Waals surface area contributed by atoms with Gasteiger partial charge < -0.3 is 4.90 Å². The molecule has 1 aliphatic heterocycles. The van der Waals surface area contributed by atoms with Gasteiger partial charge in [-0.25, -0.2) is 18.5 Å². The highest BCUT2D eigenvalue weighted by Gasteiger charge is 2.45. The predicted molar refractivity (Wildman–Crippen MR) is 128 cm³/mol. The molecule has 0 radical (unpaired) electrons. The average Bonchev–Trinajstić information content (AvgIpc) is 3.13. The zero-order valence-corrected chi connectivity index (χ0v) is 20.3. The van der Waals surface area contributed by atoms with E-state index in [1.807, 2.05) is 0 Å². The van der Waals surface area contributed by atoms with E-state index in [0.717, 1.165) is 62.7 Å². The van der Waals surface area contributed by atoms with Crippen LogP contribution in [0.1, 0.15) is 70.6 Å². The maximum atomic E-state index is 13.6. The Balaban J connectivity index is 1.56. The summed E-state index contributed by atoms with van der Waals surface area (Å²) in [5.74, 6) is -0.944. The number of amides is 3. The Morgan fingerprint density at radius 2 is 1.74 bits per heavy atom. The van der Waals surface area contributed by atoms with Gasteiger partial charge in [-0.05, 0) is 69.2 Å². The first-order chi connectivity index (χ1) is 16.3. The largest absolute Gasteiger partial charge is 0.330 e. The van der Waals surface area contributed by atoms with Crippen LogP contribution in [0.2, 0.25) is 0 Å². The minimum absolute atomic E-state index is 0.0197. The fraction of sp³-hybridized carbons (Fsp3) is 0.560. The van der Waals surface area contributed by atoms with Crippen molar-refractivity contribution in [3.63, 3.8) is 0 Å². The van der Waals surface area contributed by atoms with Gasteiger partial charge >= 0.3 is 0 Å². The van der Waals surface area contributed by atoms with E-state index >= 15 is 0 Å². The minimum Gasteiger partial charge on any atom is -0.330 e. The molecule has 1 saturated carbocycles. The summed E-state index contributed by atoms with van der Waals surface area (Å²) in [5.41, 5.74) is 1.60. The number of allylic oxidation sites excluding steroid dienone is 1. The molecule has 0 bridgehead atoms. The van der Waals surface area contributed by atoms with Crippen LogP contribution in [0.15, 0.2) is 40.8 Å². The van der Waals surface area contributed by atoms with Crippen molar-refractivity contribution in [2.45, 2.75) is 81.6 Å². The van der Waals surface area contributed by atoms with Crippen molar-refractivity contribution >= 4 is 33.4 Å². The number of hydrogen-bond acceptors (Lipinski definition) is 5. The van der Waals surface area contributed by atoms with E-state index in [0.29, 0.717) is 6.54 Å². The van der Waals surface area contributed by atoms with Gasteiger partial charge in [0.1, 0.15) is 6.04 Å². The fourth-order valence-corrected chi connectivity index (χ4v) is 5.83. The Labute approximate surface area is 201 Å². The van der Waals surface area contributed by atoms with E-state index in [4.69, 9.17) is 5.14 Å². The Morgan fingerprint density at radius 3 is 2.35 bits per heavy atom. The third-order valence-electron chi connectivity index (χ3n) is 7.22. The molecule has 1 atom stereocenters. The van der Waals surface area contributed by atoms with E-state index in [1.165, 1.54) is 36.3 Å². The third kappa shape index (κ3) is 5.41. The van der Waals surface area contributed by atoms with Gasteiger partial charge in [0.15, 0.2) is 0 Å². The van der Waals surface area contributed by atoms with Crippen LogP contribution in [0, 0.1) is 5.92 Å². The van der Waals surface area contributed by atoms with Crippen molar-refractivity contribution in [1.82, 2.24) is 4.90 Å². The fourth-order valence-electron chi connectivity index (χ4n) is 5.31. The molecule has 1 heterocycles. The molecule has 1 aromatic rings. The van der Waals surface area contributed by atoms with Gasteiger partial charge in [0.05, 0.1) is 17.0 Å². The lowest BCUT2D eigenvalue weighted by Gasteiger charge is -2.33. The Bertz CT molecular complexity index is 1070. The van der Waals surface area contributed by atoms with Crippen molar-refractivity contribution in [2.24, 2.45) is 11.1 Å². The lowest BCUT2D eigenvalue weighted by Crippen LogP contribution is -2.48. The molecule has 34 heavy (non-hydrogen) atoms. The summed E-state index contributed by atoms with van der Waals surface area (Å²) >= 11 is 0. The lowest BCUT2D eigenvalue weighted by atomic mass is 9.87. The number of sulfonamides is 1. The maximum absolute atomic E-state index is 13.6. The molecule has 1 aromatic carbocycles. The SMILES string of the molecule is NS(=O)(=O)c1ccc(N2C(=O)CC(N(CCC3=CCCCC3)C(=O)C3CCCCC3)C2=O)cc1. The van der Waals surface area contributed by atoms with Gasteiger partial charge in [-0.1, -0.05) is 30.9 Å². The molecule has 9 heteroatoms. The Morgan fingerprint density at radius 1 is 1.03 bits per heavy atom. The number of primary sulfonamides is 1. The van der Waals surface area contributed by atoms with Crippen LogP contribution in [0.4, 0.5) is 5.69 Å². The molecule has 3 amide bonds. The second kappa shape index (κ2) is 10.4. The number of nitrogens with two attached hydrogens (primary N) is 1. The molecule has 3 aliphatic rings. The summed E-state index contributed by atoms with van der Waals surface area (Å²) in [4.78, 5) is 42.5. The highest BCUT2D eigenvalue weighted by molar-refractivity contribution is 7.89. The van der Waals surface area contributed by atoms with Crippen molar-refractivity contribution in [3.8, 4) is 0 Å². The first kappa shape index (κ1) is 24.6. The Hall–Kier alpha value is -2.52. The van der Waals surface area contributed by atoms with E-state index < -0.39 is 27.9 Å². The summed E-state index contributed by atoms with van der Waals surface area (Å²) < 4.78 is 23.1. The van der Waals surface area contributed by atoms with Crippen LogP contribution in [-0.2, 0) is 24.4 Å². The van der Waals surface area contributed by atoms with Crippen LogP contribution in [0.5, 0.6) is 0 Å². The molecular weight excluding hydrogens is 454 g/mol. The quantitative estimate of drug-likeness (QED) is 0.468. The predicted octanol–water partition coefficient (Wildman–Crippen LogP) is 3.27. The molecule has 8 nitrogen and oxygen atoms in total. The van der Waals surface area contributed by atoms with E-state index in [1.54, 1.807) is 4.90 Å². The molecule has 2 aliphatic carbocycles. The number of carbonyl (C=O) groups excluding carboxylic acids is 3. The maximum Gasteiger partial charge on any atom is 0.257 e. The molecule has 4 rings (SSSR count). The number of imide groups is 1. The normalized spacial score (nSPS) is 22.1. The molecular formula is C25H33N3O5S. The number of anilines is 1. The molecule has 2 fully saturated rings. The van der Waals surface area contributed by atoms with Gasteiger partial charge in [-0.3, -0.25) is 14.4 Å². The van der Waals surface area contributed by atoms with Crippen molar-refractivity contribution in [1.29, 1.82) is 0 Å². The highest BCUT2D eigenvalue weighted by Crippen LogP contribution is 2.31. The number of carbonyl (C=O) groups is 3. The molecule has 2 N–H and O–H groups in total. The van der Waals surface area contributed by atoms with E-state index in [-0.39, 0.29) is 28.8 Å². The van der Waals surface area contributed by atoms with Gasteiger partial charge in [0.2, 0.25) is 21.8 Å². The van der Waals surface area contributed by atoms with Crippen LogP contribution < -0.4 is 10.0 Å². The Kier molecular flexibility index (Phi) is 7.52. The standard InChI is InChI=1S/C25H33N3O5S/c26-34(32,33)21-13-11-20(12-14-21)28-23(29)17-22(25(28)31)27(16-15-18-7-3-1-4-8-18)24(30)19-9-5-2-6-10-19/h7,11-14,19,22H,1-6,8-10,15-17H2,(H2,26,32,33). The summed E-state index contributed by atoms with van der Waals surface area (Å²) in [7, 11) is -3.88. The summed E-state index contributed by atoms with van der Waals surface area (Å²) in [6, 6.07) is 4.53. The zero-order valence-electron chi connectivity index (χ0n) is 19.4. The first-order valence-corrected chi connectivity index (χ1v) is 13.8. The van der Waals surface area contributed by atoms with Crippen LogP contribution >= 0.6 is 0 Å². The molecule has 1 unspecified atom stereocenters. The topological polar surface area (TPSA) is 118 Å². The van der Waals surface area contributed by atoms with E-state index in [9.17, 15) is 22.8 Å². The number of nitrogens with zero attached hydrogens (tertiary/aromatic N) is 2. The van der Waals surface area contributed by atoms with Crippen molar-refractivity contribution in [3.05, 3.63) is 35.9 Å². The lowest BCUT2D eigenvalue weighted by molar-refractivity contribution is -0.142. The molecule has 0 aromatic heterocycles. The summed E-state index contributed by atoms with van der Waals surface area (Å²) in [6.07, 6.45) is 12.1. The number of hydrogen-bond donors (Lipinski definition) is 1. The second-order valence-corrected chi connectivity index (χ2v) is 11.1. The molecule has 1 saturated heterocycles. The molecule has 0 spiro atoms. The highest BCUT2D eigenvalue weighted by atomic mass is 32.2. The summed E-state index contributed by atoms with van der Waals surface area (Å²) in [6.45, 7) is 0.434. The van der Waals surface area contributed by atoms with Crippen molar-refractivity contribution < 1.29 is 22.8 Å². The zero-order chi connectivity index (χ0) is 24.3. The van der Waals surface area contributed by atoms with Crippen molar-refractivity contribution in [2.75, 3.05) is 11.4 Å². The average molecular weight is 488 g/mol. The van der Waals surface area contributed by atoms with Gasteiger partial charge in [-0.2, -0.15) is 0 Å². The monoisotopic (exact) mass is 487 g/mol. The van der Waals surface area contributed by atoms with Crippen LogP contribution in [0.3, 0.4) is 0 Å². The third-order valence-corrected chi connectivity index (χ3v) is 8.15. The van der Waals surface area contributed by atoms with Gasteiger partial charge in [0.25, 0.3) is 5.91 Å². The van der Waals surface area contributed by atoms with Crippen LogP contribution in [-0.4, -0.2) is 43.6 Å². The number of benzene rings is 1. The van der Waals surface area contributed by atoms with Gasteiger partial charge in [-0.15, -0.1) is 0 Å².